The van der Waals surface area contributed by atoms with Gasteiger partial charge in [-0.15, -0.1) is 0 Å². The van der Waals surface area contributed by atoms with Crippen molar-refractivity contribution < 1.29 is 18.3 Å². The van der Waals surface area contributed by atoms with E-state index >= 15 is 0 Å². The molecular weight excluding hydrogens is 280 g/mol. The molecule has 1 atom stereocenters. The molecule has 1 unspecified atom stereocenters. The number of urea groups is 1. The van der Waals surface area contributed by atoms with Crippen LogP contribution >= 0.6 is 0 Å². The SMILES string of the molecule is CN(C)c1c(F)cc(NC(=O)NC2(C)CCOC2)cc1F. The van der Waals surface area contributed by atoms with Gasteiger partial charge in [-0.1, -0.05) is 0 Å². The molecule has 0 saturated carbocycles. The standard InChI is InChI=1S/C14H19F2N3O2/c1-14(4-5-21-8-14)18-13(20)17-9-6-10(15)12(19(2)3)11(16)7-9/h6-7H,4-5,8H2,1-3H3,(H2,17,18,20). The summed E-state index contributed by atoms with van der Waals surface area (Å²) in [5.41, 5.74) is -0.530. The number of hydrogen-bond acceptors (Lipinski definition) is 3. The Hall–Kier alpha value is -1.89. The highest BCUT2D eigenvalue weighted by Gasteiger charge is 2.31. The summed E-state index contributed by atoms with van der Waals surface area (Å²) < 4.78 is 32.9. The van der Waals surface area contributed by atoms with Crippen LogP contribution in [0.15, 0.2) is 12.1 Å². The van der Waals surface area contributed by atoms with Crippen LogP contribution in [0.1, 0.15) is 13.3 Å². The van der Waals surface area contributed by atoms with E-state index in [-0.39, 0.29) is 11.4 Å². The van der Waals surface area contributed by atoms with E-state index in [4.69, 9.17) is 4.74 Å². The molecule has 2 amide bonds. The Morgan fingerprint density at radius 3 is 2.43 bits per heavy atom. The molecular formula is C14H19F2N3O2. The fraction of sp³-hybridized carbons (Fsp3) is 0.500. The normalized spacial score (nSPS) is 21.2. The molecule has 1 aromatic carbocycles. The highest BCUT2D eigenvalue weighted by Crippen LogP contribution is 2.25. The van der Waals surface area contributed by atoms with Crippen molar-refractivity contribution in [3.63, 3.8) is 0 Å². The number of carbonyl (C=O) groups is 1. The number of rotatable bonds is 3. The van der Waals surface area contributed by atoms with Gasteiger partial charge in [0.05, 0.1) is 12.1 Å². The minimum absolute atomic E-state index is 0.0654. The maximum atomic E-state index is 13.8. The average molecular weight is 299 g/mol. The van der Waals surface area contributed by atoms with Crippen LogP contribution < -0.4 is 15.5 Å². The van der Waals surface area contributed by atoms with Gasteiger partial charge < -0.3 is 20.3 Å². The zero-order chi connectivity index (χ0) is 15.6. The molecule has 7 heteroatoms. The van der Waals surface area contributed by atoms with E-state index in [0.717, 1.165) is 12.1 Å². The van der Waals surface area contributed by atoms with Crippen molar-refractivity contribution in [2.75, 3.05) is 37.5 Å². The number of hydrogen-bond donors (Lipinski definition) is 2. The second-order valence-corrected chi connectivity index (χ2v) is 5.63. The average Bonchev–Trinajstić information content (AvgIpc) is 2.73. The number of nitrogens with one attached hydrogen (secondary N) is 2. The van der Waals surface area contributed by atoms with Crippen molar-refractivity contribution in [3.8, 4) is 0 Å². The molecule has 2 N–H and O–H groups in total. The van der Waals surface area contributed by atoms with Crippen LogP contribution in [-0.4, -0.2) is 38.9 Å². The van der Waals surface area contributed by atoms with Gasteiger partial charge in [-0.05, 0) is 25.5 Å². The maximum Gasteiger partial charge on any atom is 0.319 e. The van der Waals surface area contributed by atoms with E-state index < -0.39 is 23.2 Å². The molecule has 1 fully saturated rings. The summed E-state index contributed by atoms with van der Waals surface area (Å²) in [7, 11) is 3.09. The van der Waals surface area contributed by atoms with Crippen molar-refractivity contribution in [2.24, 2.45) is 0 Å². The van der Waals surface area contributed by atoms with Crippen LogP contribution in [-0.2, 0) is 4.74 Å². The minimum atomic E-state index is -0.731. The number of benzene rings is 1. The Labute approximate surface area is 122 Å². The van der Waals surface area contributed by atoms with Crippen molar-refractivity contribution >= 4 is 17.4 Å². The Bertz CT molecular complexity index is 520. The first-order chi connectivity index (χ1) is 9.81. The topological polar surface area (TPSA) is 53.6 Å². The molecule has 5 nitrogen and oxygen atoms in total. The molecule has 0 aliphatic carbocycles. The zero-order valence-corrected chi connectivity index (χ0v) is 12.3. The van der Waals surface area contributed by atoms with Gasteiger partial charge in [0, 0.05) is 26.4 Å². The van der Waals surface area contributed by atoms with Gasteiger partial charge in [-0.25, -0.2) is 13.6 Å². The van der Waals surface area contributed by atoms with E-state index in [0.29, 0.717) is 19.6 Å². The number of halogens is 2. The molecule has 1 aromatic rings. The predicted molar refractivity (Wildman–Crippen MR) is 76.7 cm³/mol. The third-order valence-electron chi connectivity index (χ3n) is 3.36. The fourth-order valence-corrected chi connectivity index (χ4v) is 2.27. The third kappa shape index (κ3) is 3.60. The first-order valence-electron chi connectivity index (χ1n) is 6.64. The van der Waals surface area contributed by atoms with Crippen LogP contribution in [0.25, 0.3) is 0 Å². The lowest BCUT2D eigenvalue weighted by Gasteiger charge is -2.23. The number of carbonyl (C=O) groups excluding carboxylic acids is 1. The molecule has 21 heavy (non-hydrogen) atoms. The van der Waals surface area contributed by atoms with Gasteiger partial charge >= 0.3 is 6.03 Å². The second kappa shape index (κ2) is 5.85. The summed E-state index contributed by atoms with van der Waals surface area (Å²) in [6, 6.07) is 1.66. The number of ether oxygens (including phenoxy) is 1. The lowest BCUT2D eigenvalue weighted by atomic mass is 10.0. The van der Waals surface area contributed by atoms with E-state index in [1.165, 1.54) is 4.90 Å². The summed E-state index contributed by atoms with van der Waals surface area (Å²) in [6.07, 6.45) is 0.697. The monoisotopic (exact) mass is 299 g/mol. The summed E-state index contributed by atoms with van der Waals surface area (Å²) in [6.45, 7) is 2.86. The van der Waals surface area contributed by atoms with E-state index in [1.54, 1.807) is 14.1 Å². The lowest BCUT2D eigenvalue weighted by Crippen LogP contribution is -2.48. The Balaban J connectivity index is 2.08. The van der Waals surface area contributed by atoms with Crippen molar-refractivity contribution in [1.29, 1.82) is 0 Å². The van der Waals surface area contributed by atoms with E-state index in [2.05, 4.69) is 10.6 Å². The van der Waals surface area contributed by atoms with Crippen LogP contribution in [0.5, 0.6) is 0 Å². The van der Waals surface area contributed by atoms with Crippen molar-refractivity contribution in [1.82, 2.24) is 5.32 Å². The quantitative estimate of drug-likeness (QED) is 0.900. The molecule has 116 valence electrons. The first kappa shape index (κ1) is 15.5. The van der Waals surface area contributed by atoms with Crippen LogP contribution in [0.3, 0.4) is 0 Å². The summed E-state index contributed by atoms with van der Waals surface area (Å²) in [5.74, 6) is -1.46. The number of nitrogens with zero attached hydrogens (tertiary/aromatic N) is 1. The molecule has 1 aliphatic heterocycles. The van der Waals surface area contributed by atoms with Gasteiger partial charge in [-0.2, -0.15) is 0 Å². The predicted octanol–water partition coefficient (Wildman–Crippen LogP) is 2.33. The number of anilines is 2. The molecule has 2 rings (SSSR count). The smallest absolute Gasteiger partial charge is 0.319 e. The minimum Gasteiger partial charge on any atom is -0.379 e. The fourth-order valence-electron chi connectivity index (χ4n) is 2.27. The van der Waals surface area contributed by atoms with Crippen LogP contribution in [0, 0.1) is 11.6 Å². The van der Waals surface area contributed by atoms with Gasteiger partial charge in [0.15, 0.2) is 11.6 Å². The highest BCUT2D eigenvalue weighted by molar-refractivity contribution is 5.90. The first-order valence-corrected chi connectivity index (χ1v) is 6.64. The Morgan fingerprint density at radius 2 is 1.95 bits per heavy atom. The second-order valence-electron chi connectivity index (χ2n) is 5.63. The molecule has 1 saturated heterocycles. The largest absolute Gasteiger partial charge is 0.379 e. The van der Waals surface area contributed by atoms with Gasteiger partial charge in [0.2, 0.25) is 0 Å². The van der Waals surface area contributed by atoms with Gasteiger partial charge in [-0.3, -0.25) is 0 Å². The summed E-state index contributed by atoms with van der Waals surface area (Å²) in [4.78, 5) is 13.2. The maximum absolute atomic E-state index is 13.8. The lowest BCUT2D eigenvalue weighted by molar-refractivity contribution is 0.172. The molecule has 0 aromatic heterocycles. The molecule has 0 bridgehead atoms. The Kier molecular flexibility index (Phi) is 4.32. The molecule has 1 aliphatic rings. The van der Waals surface area contributed by atoms with Gasteiger partial charge in [0.1, 0.15) is 5.69 Å². The number of amides is 2. The summed E-state index contributed by atoms with van der Waals surface area (Å²) in [5, 5.41) is 5.19. The van der Waals surface area contributed by atoms with Gasteiger partial charge in [0.25, 0.3) is 0 Å². The highest BCUT2D eigenvalue weighted by atomic mass is 19.1. The molecule has 0 spiro atoms. The third-order valence-corrected chi connectivity index (χ3v) is 3.36. The van der Waals surface area contributed by atoms with E-state index in [1.807, 2.05) is 6.92 Å². The summed E-state index contributed by atoms with van der Waals surface area (Å²) >= 11 is 0. The Morgan fingerprint density at radius 1 is 1.33 bits per heavy atom. The van der Waals surface area contributed by atoms with Crippen LogP contribution in [0.2, 0.25) is 0 Å². The molecule has 0 radical (unpaired) electrons. The van der Waals surface area contributed by atoms with Crippen molar-refractivity contribution in [2.45, 2.75) is 18.9 Å². The molecule has 1 heterocycles. The van der Waals surface area contributed by atoms with E-state index in [9.17, 15) is 13.6 Å². The van der Waals surface area contributed by atoms with Crippen molar-refractivity contribution in [3.05, 3.63) is 23.8 Å². The van der Waals surface area contributed by atoms with Crippen LogP contribution in [0.4, 0.5) is 25.0 Å². The zero-order valence-electron chi connectivity index (χ0n) is 12.3.